The first-order valence-corrected chi connectivity index (χ1v) is 5.76. The topological polar surface area (TPSA) is 66.5 Å². The number of nitrogens with one attached hydrogen (secondary N) is 2. The van der Waals surface area contributed by atoms with E-state index in [0.29, 0.717) is 6.04 Å². The summed E-state index contributed by atoms with van der Waals surface area (Å²) >= 11 is 1.62. The lowest BCUT2D eigenvalue weighted by molar-refractivity contribution is 0.561. The van der Waals surface area contributed by atoms with E-state index < -0.39 is 0 Å². The highest BCUT2D eigenvalue weighted by atomic mass is 32.1. The lowest BCUT2D eigenvalue weighted by Gasteiger charge is -2.09. The van der Waals surface area contributed by atoms with Crippen LogP contribution in [0.25, 0.3) is 0 Å². The summed E-state index contributed by atoms with van der Waals surface area (Å²) in [6.45, 7) is 2.98. The predicted molar refractivity (Wildman–Crippen MR) is 58.6 cm³/mol. The zero-order valence-corrected chi connectivity index (χ0v) is 9.29. The first-order valence-electron chi connectivity index (χ1n) is 4.82. The van der Waals surface area contributed by atoms with E-state index in [2.05, 4.69) is 37.8 Å². The van der Waals surface area contributed by atoms with Crippen molar-refractivity contribution in [3.8, 4) is 0 Å². The molecule has 5 nitrogen and oxygen atoms in total. The normalized spacial score (nSPS) is 12.9. The lowest BCUT2D eigenvalue weighted by atomic mass is 10.2. The Balaban J connectivity index is 1.74. The fraction of sp³-hybridized carbons (Fsp3) is 0.444. The van der Waals surface area contributed by atoms with Crippen molar-refractivity contribution in [3.05, 3.63) is 28.7 Å². The van der Waals surface area contributed by atoms with Gasteiger partial charge in [-0.3, -0.25) is 5.10 Å². The van der Waals surface area contributed by atoms with E-state index in [9.17, 15) is 0 Å². The second-order valence-electron chi connectivity index (χ2n) is 3.27. The Morgan fingerprint density at radius 2 is 2.47 bits per heavy atom. The zero-order valence-electron chi connectivity index (χ0n) is 8.47. The molecule has 2 aromatic heterocycles. The summed E-state index contributed by atoms with van der Waals surface area (Å²) in [7, 11) is 0. The van der Waals surface area contributed by atoms with Gasteiger partial charge in [0.15, 0.2) is 0 Å². The predicted octanol–water partition coefficient (Wildman–Crippen LogP) is 1.15. The van der Waals surface area contributed by atoms with Crippen molar-refractivity contribution >= 4 is 11.3 Å². The molecular formula is C9H13N5S. The van der Waals surface area contributed by atoms with Crippen molar-refractivity contribution < 1.29 is 0 Å². The van der Waals surface area contributed by atoms with Gasteiger partial charge in [0.05, 0.1) is 11.2 Å². The van der Waals surface area contributed by atoms with Crippen molar-refractivity contribution in [1.82, 2.24) is 25.5 Å². The number of hydrogen-bond acceptors (Lipinski definition) is 5. The highest BCUT2D eigenvalue weighted by Crippen LogP contribution is 2.11. The Kier molecular flexibility index (Phi) is 3.41. The van der Waals surface area contributed by atoms with Crippen LogP contribution in [-0.2, 0) is 6.42 Å². The largest absolute Gasteiger partial charge is 0.308 e. The quantitative estimate of drug-likeness (QED) is 0.798. The Labute approximate surface area is 92.0 Å². The van der Waals surface area contributed by atoms with E-state index >= 15 is 0 Å². The average molecular weight is 223 g/mol. The number of aromatic nitrogens is 4. The first-order chi connectivity index (χ1) is 7.36. The molecule has 0 amide bonds. The third kappa shape index (κ3) is 2.84. The van der Waals surface area contributed by atoms with Crippen LogP contribution in [-0.4, -0.2) is 26.7 Å². The summed E-state index contributed by atoms with van der Waals surface area (Å²) in [6, 6.07) is 0.291. The number of nitrogens with zero attached hydrogens (tertiary/aromatic N) is 3. The Morgan fingerprint density at radius 3 is 3.13 bits per heavy atom. The molecule has 0 aliphatic heterocycles. The SMILES string of the molecule is CC(NCCc1ncn[nH]1)c1cscn1. The number of thiazole rings is 1. The highest BCUT2D eigenvalue weighted by Gasteiger charge is 2.06. The molecule has 2 N–H and O–H groups in total. The van der Waals surface area contributed by atoms with Crippen molar-refractivity contribution in [3.63, 3.8) is 0 Å². The molecule has 0 spiro atoms. The van der Waals surface area contributed by atoms with Crippen LogP contribution in [0.1, 0.15) is 24.5 Å². The molecule has 1 atom stereocenters. The second-order valence-corrected chi connectivity index (χ2v) is 3.99. The van der Waals surface area contributed by atoms with Crippen LogP contribution in [0, 0.1) is 0 Å². The van der Waals surface area contributed by atoms with Gasteiger partial charge in [0.1, 0.15) is 12.2 Å². The summed E-state index contributed by atoms with van der Waals surface area (Å²) in [4.78, 5) is 8.31. The molecule has 0 aliphatic rings. The molecular weight excluding hydrogens is 210 g/mol. The van der Waals surface area contributed by atoms with E-state index in [1.807, 2.05) is 5.51 Å². The summed E-state index contributed by atoms with van der Waals surface area (Å²) in [5.74, 6) is 0.910. The molecule has 15 heavy (non-hydrogen) atoms. The molecule has 0 aliphatic carbocycles. The maximum absolute atomic E-state index is 4.25. The van der Waals surface area contributed by atoms with Crippen LogP contribution < -0.4 is 5.32 Å². The maximum Gasteiger partial charge on any atom is 0.137 e. The Hall–Kier alpha value is -1.27. The van der Waals surface area contributed by atoms with Crippen LogP contribution in [0.4, 0.5) is 0 Å². The monoisotopic (exact) mass is 223 g/mol. The van der Waals surface area contributed by atoms with Crippen LogP contribution >= 0.6 is 11.3 Å². The number of aromatic amines is 1. The molecule has 2 aromatic rings. The molecule has 0 saturated heterocycles. The minimum absolute atomic E-state index is 0.291. The maximum atomic E-state index is 4.25. The van der Waals surface area contributed by atoms with Crippen molar-refractivity contribution in [2.75, 3.05) is 6.54 Å². The van der Waals surface area contributed by atoms with Gasteiger partial charge in [-0.2, -0.15) is 5.10 Å². The molecule has 0 bridgehead atoms. The number of hydrogen-bond donors (Lipinski definition) is 2. The first kappa shape index (κ1) is 10.3. The van der Waals surface area contributed by atoms with E-state index in [0.717, 1.165) is 24.5 Å². The number of rotatable bonds is 5. The van der Waals surface area contributed by atoms with Crippen LogP contribution in [0.2, 0.25) is 0 Å². The average Bonchev–Trinajstić information content (AvgIpc) is 2.90. The van der Waals surface area contributed by atoms with Gasteiger partial charge >= 0.3 is 0 Å². The Bertz CT molecular complexity index is 369. The fourth-order valence-electron chi connectivity index (χ4n) is 1.30. The van der Waals surface area contributed by atoms with Crippen LogP contribution in [0.5, 0.6) is 0 Å². The molecule has 6 heteroatoms. The van der Waals surface area contributed by atoms with Crippen LogP contribution in [0.3, 0.4) is 0 Å². The molecule has 2 rings (SSSR count). The Morgan fingerprint density at radius 1 is 1.53 bits per heavy atom. The summed E-state index contributed by atoms with van der Waals surface area (Å²) in [5.41, 5.74) is 2.95. The number of H-pyrrole nitrogens is 1. The van der Waals surface area contributed by atoms with E-state index in [1.54, 1.807) is 11.3 Å². The molecule has 1 unspecified atom stereocenters. The fourth-order valence-corrected chi connectivity index (χ4v) is 1.95. The summed E-state index contributed by atoms with van der Waals surface area (Å²) < 4.78 is 0. The van der Waals surface area contributed by atoms with Gasteiger partial charge in [-0.1, -0.05) is 0 Å². The summed E-state index contributed by atoms with van der Waals surface area (Å²) in [5, 5.41) is 12.1. The third-order valence-electron chi connectivity index (χ3n) is 2.17. The van der Waals surface area contributed by atoms with E-state index in [4.69, 9.17) is 0 Å². The lowest BCUT2D eigenvalue weighted by Crippen LogP contribution is -2.21. The smallest absolute Gasteiger partial charge is 0.137 e. The van der Waals surface area contributed by atoms with E-state index in [1.165, 1.54) is 6.33 Å². The molecule has 80 valence electrons. The molecule has 0 saturated carbocycles. The minimum atomic E-state index is 0.291. The zero-order chi connectivity index (χ0) is 10.5. The van der Waals surface area contributed by atoms with Gasteiger partial charge in [-0.05, 0) is 6.92 Å². The summed E-state index contributed by atoms with van der Waals surface area (Å²) in [6.07, 6.45) is 2.38. The van der Waals surface area contributed by atoms with Gasteiger partial charge in [0.2, 0.25) is 0 Å². The third-order valence-corrected chi connectivity index (χ3v) is 2.78. The van der Waals surface area contributed by atoms with Crippen molar-refractivity contribution in [2.45, 2.75) is 19.4 Å². The van der Waals surface area contributed by atoms with Gasteiger partial charge in [-0.25, -0.2) is 9.97 Å². The highest BCUT2D eigenvalue weighted by molar-refractivity contribution is 7.07. The standard InChI is InChI=1S/C9H13N5S/c1-7(8-4-15-6-12-8)10-3-2-9-11-5-13-14-9/h4-7,10H,2-3H2,1H3,(H,11,13,14). The van der Waals surface area contributed by atoms with Crippen LogP contribution in [0.15, 0.2) is 17.2 Å². The van der Waals surface area contributed by atoms with Gasteiger partial charge in [-0.15, -0.1) is 11.3 Å². The minimum Gasteiger partial charge on any atom is -0.308 e. The van der Waals surface area contributed by atoms with Gasteiger partial charge in [0.25, 0.3) is 0 Å². The molecule has 0 aromatic carbocycles. The van der Waals surface area contributed by atoms with Crippen molar-refractivity contribution in [2.24, 2.45) is 0 Å². The second kappa shape index (κ2) is 4.99. The van der Waals surface area contributed by atoms with Crippen molar-refractivity contribution in [1.29, 1.82) is 0 Å². The van der Waals surface area contributed by atoms with E-state index in [-0.39, 0.29) is 0 Å². The molecule has 0 radical (unpaired) electrons. The van der Waals surface area contributed by atoms with Gasteiger partial charge in [0, 0.05) is 24.4 Å². The molecule has 2 heterocycles. The van der Waals surface area contributed by atoms with Gasteiger partial charge < -0.3 is 5.32 Å². The molecule has 0 fully saturated rings.